The fraction of sp³-hybridized carbons (Fsp3) is 0.245. The van der Waals surface area contributed by atoms with Crippen molar-refractivity contribution >= 4 is 58.3 Å². The molecule has 8 aromatic rings. The van der Waals surface area contributed by atoms with Gasteiger partial charge in [-0.2, -0.15) is 4.98 Å². The molecule has 0 radical (unpaired) electrons. The molecule has 4 aromatic heterocycles. The van der Waals surface area contributed by atoms with Gasteiger partial charge in [0.1, 0.15) is 29.3 Å². The van der Waals surface area contributed by atoms with Crippen molar-refractivity contribution in [1.29, 1.82) is 0 Å². The van der Waals surface area contributed by atoms with E-state index in [4.69, 9.17) is 31.8 Å². The van der Waals surface area contributed by atoms with Crippen molar-refractivity contribution in [2.45, 2.75) is 52.4 Å². The van der Waals surface area contributed by atoms with Crippen LogP contribution in [0, 0.1) is 6.92 Å². The van der Waals surface area contributed by atoms with E-state index in [1.54, 1.807) is 30.6 Å². The Morgan fingerprint density at radius 1 is 0.838 bits per heavy atom. The van der Waals surface area contributed by atoms with Crippen LogP contribution in [0.25, 0.3) is 55.3 Å². The van der Waals surface area contributed by atoms with Gasteiger partial charge in [-0.15, -0.1) is 0 Å². The van der Waals surface area contributed by atoms with E-state index in [1.165, 1.54) is 41.3 Å². The number of aldehydes is 2. The number of aromatic hydroxyl groups is 1. The number of hydrogen-bond donors (Lipinski definition) is 6. The van der Waals surface area contributed by atoms with Gasteiger partial charge in [-0.25, -0.2) is 4.98 Å². The van der Waals surface area contributed by atoms with E-state index in [2.05, 4.69) is 99.4 Å². The van der Waals surface area contributed by atoms with Crippen molar-refractivity contribution in [3.05, 3.63) is 137 Å². The van der Waals surface area contributed by atoms with Gasteiger partial charge < -0.3 is 46.3 Å². The number of aromatic nitrogens is 5. The van der Waals surface area contributed by atoms with E-state index in [-0.39, 0.29) is 12.2 Å². The molecule has 0 bridgehead atoms. The normalized spacial score (nSPS) is 10.6. The summed E-state index contributed by atoms with van der Waals surface area (Å²) in [5.74, 6) is 1.44. The average Bonchev–Trinajstić information content (AvgIpc) is 3.93. The molecule has 1 amide bonds. The number of unbranched alkanes of at least 4 members (excludes halogenated alkanes) is 2. The highest BCUT2D eigenvalue weighted by molar-refractivity contribution is 6.34. The first-order valence-corrected chi connectivity index (χ1v) is 22.7. The second-order valence-corrected chi connectivity index (χ2v) is 16.2. The number of phenols is 1. The number of nitrogens with one attached hydrogen (secondary N) is 3. The van der Waals surface area contributed by atoms with Crippen LogP contribution in [-0.4, -0.2) is 75.8 Å². The van der Waals surface area contributed by atoms with Gasteiger partial charge in [-0.1, -0.05) is 55.3 Å². The number of anilines is 1. The molecular formula is C53H60ClN9O5. The zero-order valence-electron chi connectivity index (χ0n) is 39.2. The van der Waals surface area contributed by atoms with Crippen LogP contribution in [0.2, 0.25) is 5.02 Å². The summed E-state index contributed by atoms with van der Waals surface area (Å²) in [6.45, 7) is 6.07. The van der Waals surface area contributed by atoms with E-state index < -0.39 is 0 Å². The quantitative estimate of drug-likeness (QED) is 0.0396. The number of nitrogens with two attached hydrogens (primary N) is 2. The van der Waals surface area contributed by atoms with E-state index in [0.717, 1.165) is 87.9 Å². The predicted octanol–water partition coefficient (Wildman–Crippen LogP) is 9.78. The number of aromatic amines is 1. The number of carbonyl (C=O) groups is 3. The second-order valence-electron chi connectivity index (χ2n) is 15.8. The Hall–Kier alpha value is -7.39. The largest absolute Gasteiger partial charge is 0.508 e. The maximum atomic E-state index is 10.8. The molecule has 0 spiro atoms. The summed E-state index contributed by atoms with van der Waals surface area (Å²) in [7, 11) is 5.87. The molecule has 14 nitrogen and oxygen atoms in total. The minimum absolute atomic E-state index is 0.202. The van der Waals surface area contributed by atoms with Gasteiger partial charge in [0.2, 0.25) is 6.41 Å². The van der Waals surface area contributed by atoms with Gasteiger partial charge in [0, 0.05) is 71.8 Å². The number of benzene rings is 4. The number of nitrogen functional groups attached to an aromatic ring is 1. The van der Waals surface area contributed by atoms with Crippen molar-refractivity contribution in [2.24, 2.45) is 12.8 Å². The molecule has 0 atom stereocenters. The van der Waals surface area contributed by atoms with E-state index >= 15 is 0 Å². The molecule has 4 aromatic carbocycles. The number of hydrogen-bond acceptors (Lipinski definition) is 11. The minimum Gasteiger partial charge on any atom is -0.508 e. The van der Waals surface area contributed by atoms with Gasteiger partial charge in [-0.05, 0) is 142 Å². The number of primary amides is 1. The third kappa shape index (κ3) is 13.8. The lowest BCUT2D eigenvalue weighted by Gasteiger charge is -2.16. The van der Waals surface area contributed by atoms with Crippen molar-refractivity contribution in [3.8, 4) is 50.9 Å². The zero-order valence-corrected chi connectivity index (χ0v) is 39.9. The number of aryl methyl sites for hydroxylation is 3. The molecule has 0 unspecified atom stereocenters. The number of nitrogens with zero attached hydrogens (tertiary/aromatic N) is 4. The molecular weight excluding hydrogens is 878 g/mol. The Morgan fingerprint density at radius 3 is 2.24 bits per heavy atom. The molecule has 0 saturated carbocycles. The van der Waals surface area contributed by atoms with Gasteiger partial charge in [0.25, 0.3) is 6.01 Å². The standard InChI is InChI=1S/C29H31ClN4O.C19H17N3O2.C4H9NO.CH3NO/c1-19-8-10-23(16-20(19)7-5-4-6-13-31-2)35-29-32-26-17-24(25(30)18-27(26)33-29)21-9-11-28-22(15-21)12-14-34(28)3;1-2-16-17(13-3-6-14(11-23)21-9-13)10-22-19(20)18(16)12-4-7-15(24)8-5-12;1-5-3-2-4-6;2-1-3/h8-12,14-18,31H,4-7,13H2,1-3H3,(H,32,33);3-11,24H,2H2,1H3,(H2,20,22);4-5H,2-3H2,1H3;1H,(H2,2,3). The van der Waals surface area contributed by atoms with Crippen molar-refractivity contribution in [3.63, 3.8) is 0 Å². The Labute approximate surface area is 402 Å². The average molecular weight is 939 g/mol. The summed E-state index contributed by atoms with van der Waals surface area (Å²) in [4.78, 5) is 45.3. The number of H-pyrrole nitrogens is 1. The molecule has 8 rings (SSSR count). The first-order valence-electron chi connectivity index (χ1n) is 22.4. The van der Waals surface area contributed by atoms with Crippen LogP contribution in [0.3, 0.4) is 0 Å². The van der Waals surface area contributed by atoms with Crippen molar-refractivity contribution < 1.29 is 24.2 Å². The number of rotatable bonds is 16. The third-order valence-electron chi connectivity index (χ3n) is 11.1. The molecule has 0 aliphatic carbocycles. The molecule has 68 heavy (non-hydrogen) atoms. The van der Waals surface area contributed by atoms with Crippen LogP contribution in [0.15, 0.2) is 110 Å². The van der Waals surface area contributed by atoms with Crippen molar-refractivity contribution in [1.82, 2.24) is 35.1 Å². The Bertz CT molecular complexity index is 2900. The van der Waals surface area contributed by atoms with E-state index in [9.17, 15) is 14.7 Å². The zero-order chi connectivity index (χ0) is 49.0. The third-order valence-corrected chi connectivity index (χ3v) is 11.4. The van der Waals surface area contributed by atoms with Crippen molar-refractivity contribution in [2.75, 3.05) is 32.9 Å². The number of imidazole rings is 1. The maximum Gasteiger partial charge on any atom is 0.300 e. The molecule has 4 heterocycles. The number of amides is 1. The SMILES string of the molecule is CCc1c(-c2ccc(C=O)nc2)cnc(N)c1-c1ccc(O)cc1.CNCCC=O.CNCCCCCc1cc(Oc2nc3cc(-c4ccc5c(ccn5C)c4)c(Cl)cc3[nH]2)ccc1C.NC=O. The minimum atomic E-state index is 0.202. The van der Waals surface area contributed by atoms with Crippen LogP contribution >= 0.6 is 11.6 Å². The summed E-state index contributed by atoms with van der Waals surface area (Å²) in [5, 5.41) is 17.4. The lowest BCUT2D eigenvalue weighted by molar-refractivity contribution is -0.108. The number of carbonyl (C=O) groups excluding carboxylic acids is 3. The summed E-state index contributed by atoms with van der Waals surface area (Å²) in [5.41, 5.74) is 22.8. The monoisotopic (exact) mass is 937 g/mol. The predicted molar refractivity (Wildman–Crippen MR) is 274 cm³/mol. The van der Waals surface area contributed by atoms with Crippen LogP contribution in [-0.2, 0) is 29.5 Å². The lowest BCUT2D eigenvalue weighted by atomic mass is 9.92. The molecule has 354 valence electrons. The molecule has 0 aliphatic heterocycles. The first-order chi connectivity index (χ1) is 33.0. The van der Waals surface area contributed by atoms with Gasteiger partial charge >= 0.3 is 0 Å². The summed E-state index contributed by atoms with van der Waals surface area (Å²) >= 11 is 6.68. The van der Waals surface area contributed by atoms with Crippen LogP contribution in [0.5, 0.6) is 17.5 Å². The number of fused-ring (bicyclic) bond motifs is 2. The molecule has 0 fully saturated rings. The maximum absolute atomic E-state index is 10.8. The van der Waals surface area contributed by atoms with Crippen LogP contribution in [0.1, 0.15) is 59.8 Å². The number of pyridine rings is 2. The first kappa shape index (κ1) is 51.6. The summed E-state index contributed by atoms with van der Waals surface area (Å²) < 4.78 is 8.24. The van der Waals surface area contributed by atoms with Crippen LogP contribution < -0.4 is 26.8 Å². The fourth-order valence-electron chi connectivity index (χ4n) is 7.58. The molecule has 15 heteroatoms. The Morgan fingerprint density at radius 2 is 1.57 bits per heavy atom. The fourth-order valence-corrected chi connectivity index (χ4v) is 7.85. The van der Waals surface area contributed by atoms with Gasteiger partial charge in [0.15, 0.2) is 6.29 Å². The Kier molecular flexibility index (Phi) is 19.8. The highest BCUT2D eigenvalue weighted by atomic mass is 35.5. The molecule has 0 saturated heterocycles. The number of halogens is 1. The Balaban J connectivity index is 0.000000226. The number of phenolic OH excluding ortho intramolecular Hbond substituents is 1. The van der Waals surface area contributed by atoms with Gasteiger partial charge in [0.05, 0.1) is 16.1 Å². The topological polar surface area (TPSA) is 216 Å². The highest BCUT2D eigenvalue weighted by Crippen LogP contribution is 2.37. The molecule has 0 aliphatic rings. The van der Waals surface area contributed by atoms with Gasteiger partial charge in [-0.3, -0.25) is 14.6 Å². The smallest absolute Gasteiger partial charge is 0.300 e. The number of ether oxygens (including phenoxy) is 1. The molecule has 8 N–H and O–H groups in total. The second kappa shape index (κ2) is 26.1. The van der Waals surface area contributed by atoms with E-state index in [0.29, 0.717) is 35.3 Å². The highest BCUT2D eigenvalue weighted by Gasteiger charge is 2.16. The summed E-state index contributed by atoms with van der Waals surface area (Å²) in [6, 6.07) is 29.6. The lowest BCUT2D eigenvalue weighted by Crippen LogP contribution is -2.07. The van der Waals surface area contributed by atoms with E-state index in [1.807, 2.05) is 50.5 Å². The summed E-state index contributed by atoms with van der Waals surface area (Å²) in [6.07, 6.45) is 13.4. The van der Waals surface area contributed by atoms with Crippen LogP contribution in [0.4, 0.5) is 5.82 Å².